The Kier molecular flexibility index (Phi) is 3.73. The quantitative estimate of drug-likeness (QED) is 0.754. The van der Waals surface area contributed by atoms with Crippen LogP contribution < -0.4 is 5.73 Å². The zero-order valence-corrected chi connectivity index (χ0v) is 12.7. The minimum atomic E-state index is -0.402. The van der Waals surface area contributed by atoms with Gasteiger partial charge in [0.1, 0.15) is 0 Å². The van der Waals surface area contributed by atoms with Crippen LogP contribution in [0.15, 0.2) is 42.5 Å². The zero-order valence-electron chi connectivity index (χ0n) is 11.9. The topological polar surface area (TPSA) is 70.1 Å². The second-order valence-corrected chi connectivity index (χ2v) is 5.25. The number of aromatic nitrogens is 2. The van der Waals surface area contributed by atoms with E-state index < -0.39 is 5.97 Å². The largest absolute Gasteiger partial charge is 0.465 e. The normalized spacial score (nSPS) is 10.8. The number of fused-ring (bicyclic) bond motifs is 1. The molecular weight excluding hydrogens is 302 g/mol. The zero-order chi connectivity index (χ0) is 15.7. The molecule has 0 saturated heterocycles. The molecule has 3 rings (SSSR count). The van der Waals surface area contributed by atoms with Crippen LogP contribution in [0, 0.1) is 0 Å². The molecule has 1 heterocycles. The van der Waals surface area contributed by atoms with Gasteiger partial charge in [-0.15, -0.1) is 0 Å². The maximum absolute atomic E-state index is 11.6. The number of halogens is 1. The fourth-order valence-electron chi connectivity index (χ4n) is 2.36. The number of nitrogens with two attached hydrogens (primary N) is 1. The molecule has 6 heteroatoms. The molecule has 2 N–H and O–H groups in total. The van der Waals surface area contributed by atoms with E-state index >= 15 is 0 Å². The lowest BCUT2D eigenvalue weighted by Gasteiger charge is -2.08. The van der Waals surface area contributed by atoms with Gasteiger partial charge in [-0.3, -0.25) is 0 Å². The summed E-state index contributed by atoms with van der Waals surface area (Å²) in [6.45, 7) is 0.513. The first-order chi connectivity index (χ1) is 10.6. The summed E-state index contributed by atoms with van der Waals surface area (Å²) in [6.07, 6.45) is 0. The Morgan fingerprint density at radius 1 is 1.32 bits per heavy atom. The second kappa shape index (κ2) is 5.69. The highest BCUT2D eigenvalue weighted by atomic mass is 35.5. The molecule has 0 unspecified atom stereocenters. The third-order valence-electron chi connectivity index (χ3n) is 3.49. The number of imidazole rings is 1. The van der Waals surface area contributed by atoms with Crippen molar-refractivity contribution >= 4 is 34.6 Å². The summed E-state index contributed by atoms with van der Waals surface area (Å²) >= 11 is 6.19. The average Bonchev–Trinajstić information content (AvgIpc) is 2.83. The number of hydrogen-bond donors (Lipinski definition) is 1. The highest BCUT2D eigenvalue weighted by Crippen LogP contribution is 2.23. The Morgan fingerprint density at radius 2 is 2.09 bits per heavy atom. The lowest BCUT2D eigenvalue weighted by molar-refractivity contribution is 0.0601. The van der Waals surface area contributed by atoms with Gasteiger partial charge in [0.15, 0.2) is 0 Å². The fraction of sp³-hybridized carbons (Fsp3) is 0.125. The molecule has 1 aromatic heterocycles. The molecule has 2 aromatic carbocycles. The number of ether oxygens (including phenoxy) is 1. The summed E-state index contributed by atoms with van der Waals surface area (Å²) in [5, 5.41) is 0.676. The molecule has 0 radical (unpaired) electrons. The van der Waals surface area contributed by atoms with Crippen LogP contribution in [0.3, 0.4) is 0 Å². The second-order valence-electron chi connectivity index (χ2n) is 4.84. The Balaban J connectivity index is 2.05. The van der Waals surface area contributed by atoms with E-state index in [-0.39, 0.29) is 0 Å². The smallest absolute Gasteiger partial charge is 0.337 e. The SMILES string of the molecule is COC(=O)c1ccc2c(c1)nc(N)n2Cc1ccccc1Cl. The van der Waals surface area contributed by atoms with Gasteiger partial charge in [-0.1, -0.05) is 29.8 Å². The van der Waals surface area contributed by atoms with Crippen LogP contribution in [0.5, 0.6) is 0 Å². The molecule has 0 spiro atoms. The number of nitrogen functional groups attached to an aromatic ring is 1. The molecule has 0 aliphatic heterocycles. The standard InChI is InChI=1S/C16H14ClN3O2/c1-22-15(21)10-6-7-14-13(8-10)19-16(18)20(14)9-11-4-2-3-5-12(11)17/h2-8H,9H2,1H3,(H2,18,19). The summed E-state index contributed by atoms with van der Waals surface area (Å²) in [5.41, 5.74) is 8.88. The number of carbonyl (C=O) groups excluding carboxylic acids is 1. The van der Waals surface area contributed by atoms with Gasteiger partial charge in [-0.2, -0.15) is 0 Å². The summed E-state index contributed by atoms with van der Waals surface area (Å²) in [7, 11) is 1.34. The molecule has 0 saturated carbocycles. The molecule has 112 valence electrons. The number of methoxy groups -OCH3 is 1. The first kappa shape index (κ1) is 14.4. The van der Waals surface area contributed by atoms with E-state index in [2.05, 4.69) is 4.98 Å². The van der Waals surface area contributed by atoms with Crippen LogP contribution in [0.2, 0.25) is 5.02 Å². The van der Waals surface area contributed by atoms with Gasteiger partial charge in [0.25, 0.3) is 0 Å². The third-order valence-corrected chi connectivity index (χ3v) is 3.85. The number of benzene rings is 2. The monoisotopic (exact) mass is 315 g/mol. The molecule has 0 bridgehead atoms. The van der Waals surface area contributed by atoms with E-state index in [1.54, 1.807) is 12.1 Å². The number of hydrogen-bond acceptors (Lipinski definition) is 4. The maximum atomic E-state index is 11.6. The molecule has 0 fully saturated rings. The minimum absolute atomic E-state index is 0.372. The number of anilines is 1. The van der Waals surface area contributed by atoms with Crippen molar-refractivity contribution in [3.05, 3.63) is 58.6 Å². The molecular formula is C16H14ClN3O2. The van der Waals surface area contributed by atoms with E-state index in [4.69, 9.17) is 22.1 Å². The summed E-state index contributed by atoms with van der Waals surface area (Å²) in [4.78, 5) is 15.9. The fourth-order valence-corrected chi connectivity index (χ4v) is 2.55. The average molecular weight is 316 g/mol. The van der Waals surface area contributed by atoms with E-state index in [9.17, 15) is 4.79 Å². The molecule has 0 atom stereocenters. The highest BCUT2D eigenvalue weighted by molar-refractivity contribution is 6.31. The van der Waals surface area contributed by atoms with Crippen LogP contribution in [-0.2, 0) is 11.3 Å². The first-order valence-electron chi connectivity index (χ1n) is 6.67. The van der Waals surface area contributed by atoms with Gasteiger partial charge < -0.3 is 15.0 Å². The number of carbonyl (C=O) groups is 1. The Morgan fingerprint density at radius 3 is 2.82 bits per heavy atom. The molecule has 0 amide bonds. The summed E-state index contributed by atoms with van der Waals surface area (Å²) in [5.74, 6) is -0.0296. The summed E-state index contributed by atoms with van der Waals surface area (Å²) in [6, 6.07) is 12.7. The maximum Gasteiger partial charge on any atom is 0.337 e. The Labute approximate surface area is 132 Å². The lowest BCUT2D eigenvalue weighted by Crippen LogP contribution is -2.05. The lowest BCUT2D eigenvalue weighted by atomic mass is 10.2. The van der Waals surface area contributed by atoms with E-state index in [0.717, 1.165) is 11.1 Å². The predicted octanol–water partition coefficient (Wildman–Crippen LogP) is 3.11. The third kappa shape index (κ3) is 2.51. The van der Waals surface area contributed by atoms with Crippen LogP contribution in [0.4, 0.5) is 5.95 Å². The van der Waals surface area contributed by atoms with Crippen LogP contribution in [0.1, 0.15) is 15.9 Å². The van der Waals surface area contributed by atoms with Gasteiger partial charge in [0.05, 0.1) is 30.3 Å². The van der Waals surface area contributed by atoms with Gasteiger partial charge in [0.2, 0.25) is 5.95 Å². The van der Waals surface area contributed by atoms with Gasteiger partial charge in [-0.25, -0.2) is 9.78 Å². The molecule has 3 aromatic rings. The van der Waals surface area contributed by atoms with E-state index in [1.165, 1.54) is 7.11 Å². The van der Waals surface area contributed by atoms with Crippen LogP contribution in [0.25, 0.3) is 11.0 Å². The van der Waals surface area contributed by atoms with Crippen molar-refractivity contribution < 1.29 is 9.53 Å². The van der Waals surface area contributed by atoms with E-state index in [1.807, 2.05) is 34.9 Å². The van der Waals surface area contributed by atoms with Crippen LogP contribution in [-0.4, -0.2) is 22.6 Å². The van der Waals surface area contributed by atoms with E-state index in [0.29, 0.717) is 28.6 Å². The number of nitrogens with zero attached hydrogens (tertiary/aromatic N) is 2. The molecule has 0 aliphatic carbocycles. The van der Waals surface area contributed by atoms with Crippen molar-refractivity contribution in [2.24, 2.45) is 0 Å². The van der Waals surface area contributed by atoms with Gasteiger partial charge >= 0.3 is 5.97 Å². The van der Waals surface area contributed by atoms with Crippen molar-refractivity contribution in [3.8, 4) is 0 Å². The minimum Gasteiger partial charge on any atom is -0.465 e. The van der Waals surface area contributed by atoms with Crippen molar-refractivity contribution in [1.29, 1.82) is 0 Å². The summed E-state index contributed by atoms with van der Waals surface area (Å²) < 4.78 is 6.57. The van der Waals surface area contributed by atoms with Crippen molar-refractivity contribution in [2.45, 2.75) is 6.54 Å². The Hall–Kier alpha value is -2.53. The van der Waals surface area contributed by atoms with Crippen molar-refractivity contribution in [2.75, 3.05) is 12.8 Å². The number of rotatable bonds is 3. The predicted molar refractivity (Wildman–Crippen MR) is 86.0 cm³/mol. The molecule has 22 heavy (non-hydrogen) atoms. The van der Waals surface area contributed by atoms with Gasteiger partial charge in [-0.05, 0) is 29.8 Å². The van der Waals surface area contributed by atoms with Gasteiger partial charge in [0, 0.05) is 5.02 Å². The first-order valence-corrected chi connectivity index (χ1v) is 7.05. The molecule has 0 aliphatic rings. The number of esters is 1. The van der Waals surface area contributed by atoms with Crippen LogP contribution >= 0.6 is 11.6 Å². The highest BCUT2D eigenvalue weighted by Gasteiger charge is 2.13. The molecule has 5 nitrogen and oxygen atoms in total. The van der Waals surface area contributed by atoms with Crippen molar-refractivity contribution in [3.63, 3.8) is 0 Å². The van der Waals surface area contributed by atoms with Crippen molar-refractivity contribution in [1.82, 2.24) is 9.55 Å². The Bertz CT molecular complexity index is 858.